The summed E-state index contributed by atoms with van der Waals surface area (Å²) in [7, 11) is 0. The molecule has 0 N–H and O–H groups in total. The van der Waals surface area contributed by atoms with Crippen molar-refractivity contribution in [2.45, 2.75) is 32.6 Å². The molecule has 2 heteroatoms. The van der Waals surface area contributed by atoms with Crippen molar-refractivity contribution in [1.29, 1.82) is 0 Å². The lowest BCUT2D eigenvalue weighted by Crippen LogP contribution is -2.18. The maximum absolute atomic E-state index is 13.7. The number of benzene rings is 2. The van der Waals surface area contributed by atoms with Crippen molar-refractivity contribution >= 4 is 21.7 Å². The first kappa shape index (κ1) is 13.0. The zero-order valence-corrected chi connectivity index (χ0v) is 12.1. The Balaban J connectivity index is 2.51. The van der Waals surface area contributed by atoms with Crippen molar-refractivity contribution in [2.24, 2.45) is 0 Å². The molecule has 0 amide bonds. The topological polar surface area (TPSA) is 12.9 Å². The molecule has 0 spiro atoms. The highest BCUT2D eigenvalue weighted by atomic mass is 19.1. The predicted octanol–water partition coefficient (Wildman–Crippen LogP) is 5.21. The molecule has 2 aromatic carbocycles. The summed E-state index contributed by atoms with van der Waals surface area (Å²) in [5, 5.41) is 3.09. The highest BCUT2D eigenvalue weighted by Crippen LogP contribution is 2.35. The number of nitrogens with zero attached hydrogens (tertiary/aromatic N) is 1. The van der Waals surface area contributed by atoms with Crippen LogP contribution in [-0.2, 0) is 5.41 Å². The summed E-state index contributed by atoms with van der Waals surface area (Å²) in [6.07, 6.45) is 0.962. The molecule has 1 aromatic heterocycles. The van der Waals surface area contributed by atoms with E-state index in [1.807, 2.05) is 30.3 Å². The normalized spacial score (nSPS) is 12.2. The van der Waals surface area contributed by atoms with Crippen LogP contribution in [0.1, 0.15) is 32.9 Å². The fourth-order valence-electron chi connectivity index (χ4n) is 2.61. The molecule has 0 saturated heterocycles. The minimum Gasteiger partial charge on any atom is -0.252 e. The standard InChI is InChI=1S/C18H18FN/c1-4-18(2,3)17-15-11-12(19)9-10-13(15)14-7-5-6-8-16(14)20-17/h5-11H,4H2,1-3H3. The van der Waals surface area contributed by atoms with Crippen LogP contribution in [0.3, 0.4) is 0 Å². The highest BCUT2D eigenvalue weighted by molar-refractivity contribution is 6.06. The average molecular weight is 267 g/mol. The first-order valence-electron chi connectivity index (χ1n) is 7.01. The van der Waals surface area contributed by atoms with Gasteiger partial charge in [-0.05, 0) is 30.0 Å². The molecule has 0 radical (unpaired) electrons. The first-order chi connectivity index (χ1) is 9.53. The van der Waals surface area contributed by atoms with Gasteiger partial charge in [-0.15, -0.1) is 0 Å². The third-order valence-electron chi connectivity index (χ3n) is 4.19. The Bertz CT molecular complexity index is 790. The summed E-state index contributed by atoms with van der Waals surface area (Å²) in [5.41, 5.74) is 1.88. The molecule has 1 heterocycles. The number of hydrogen-bond donors (Lipinski definition) is 0. The molecule has 3 rings (SSSR count). The fourth-order valence-corrected chi connectivity index (χ4v) is 2.61. The number of para-hydroxylation sites is 1. The Labute approximate surface area is 118 Å². The number of aromatic nitrogens is 1. The summed E-state index contributed by atoms with van der Waals surface area (Å²) in [5.74, 6) is -0.206. The SMILES string of the molecule is CCC(C)(C)c1nc2ccccc2c2ccc(F)cc12. The van der Waals surface area contributed by atoms with Gasteiger partial charge in [0.2, 0.25) is 0 Å². The van der Waals surface area contributed by atoms with Crippen LogP contribution >= 0.6 is 0 Å². The van der Waals surface area contributed by atoms with Crippen molar-refractivity contribution in [1.82, 2.24) is 4.98 Å². The molecular formula is C18H18FN. The molecule has 3 aromatic rings. The van der Waals surface area contributed by atoms with Crippen LogP contribution in [0.15, 0.2) is 42.5 Å². The molecule has 20 heavy (non-hydrogen) atoms. The van der Waals surface area contributed by atoms with E-state index in [1.165, 1.54) is 6.07 Å². The van der Waals surface area contributed by atoms with E-state index >= 15 is 0 Å². The van der Waals surface area contributed by atoms with E-state index in [9.17, 15) is 4.39 Å². The molecule has 0 bridgehead atoms. The maximum Gasteiger partial charge on any atom is 0.123 e. The van der Waals surface area contributed by atoms with Crippen LogP contribution < -0.4 is 0 Å². The number of pyridine rings is 1. The Morgan fingerprint density at radius 2 is 1.75 bits per heavy atom. The smallest absolute Gasteiger partial charge is 0.123 e. The van der Waals surface area contributed by atoms with E-state index in [0.29, 0.717) is 0 Å². The number of halogens is 1. The van der Waals surface area contributed by atoms with Gasteiger partial charge in [0.05, 0.1) is 11.2 Å². The quantitative estimate of drug-likeness (QED) is 0.580. The van der Waals surface area contributed by atoms with E-state index in [1.54, 1.807) is 6.07 Å². The van der Waals surface area contributed by atoms with Crippen LogP contribution in [0.4, 0.5) is 4.39 Å². The van der Waals surface area contributed by atoms with Crippen LogP contribution in [0.25, 0.3) is 21.7 Å². The van der Waals surface area contributed by atoms with Crippen molar-refractivity contribution in [3.8, 4) is 0 Å². The van der Waals surface area contributed by atoms with Gasteiger partial charge in [-0.2, -0.15) is 0 Å². The zero-order chi connectivity index (χ0) is 14.3. The maximum atomic E-state index is 13.7. The molecule has 0 atom stereocenters. The van der Waals surface area contributed by atoms with Gasteiger partial charge in [0.1, 0.15) is 5.82 Å². The van der Waals surface area contributed by atoms with Crippen molar-refractivity contribution < 1.29 is 4.39 Å². The van der Waals surface area contributed by atoms with Crippen LogP contribution in [0, 0.1) is 5.82 Å². The van der Waals surface area contributed by atoms with Crippen molar-refractivity contribution in [2.75, 3.05) is 0 Å². The highest BCUT2D eigenvalue weighted by Gasteiger charge is 2.23. The second-order valence-electron chi connectivity index (χ2n) is 5.90. The van der Waals surface area contributed by atoms with E-state index in [0.717, 1.165) is 33.8 Å². The van der Waals surface area contributed by atoms with E-state index < -0.39 is 0 Å². The molecule has 1 nitrogen and oxygen atoms in total. The monoisotopic (exact) mass is 267 g/mol. The summed E-state index contributed by atoms with van der Waals surface area (Å²) >= 11 is 0. The van der Waals surface area contributed by atoms with Gasteiger partial charge in [0.25, 0.3) is 0 Å². The van der Waals surface area contributed by atoms with Gasteiger partial charge < -0.3 is 0 Å². The van der Waals surface area contributed by atoms with Gasteiger partial charge in [0, 0.05) is 16.2 Å². The lowest BCUT2D eigenvalue weighted by Gasteiger charge is -2.24. The summed E-state index contributed by atoms with van der Waals surface area (Å²) in [6.45, 7) is 6.46. The van der Waals surface area contributed by atoms with E-state index in [4.69, 9.17) is 4.98 Å². The summed E-state index contributed by atoms with van der Waals surface area (Å²) in [6, 6.07) is 13.1. The second-order valence-corrected chi connectivity index (χ2v) is 5.90. The minimum atomic E-state index is -0.206. The molecule has 0 aliphatic rings. The fraction of sp³-hybridized carbons (Fsp3) is 0.278. The minimum absolute atomic E-state index is 0.0733. The van der Waals surface area contributed by atoms with E-state index in [-0.39, 0.29) is 11.2 Å². The Hall–Kier alpha value is -1.96. The van der Waals surface area contributed by atoms with Gasteiger partial charge in [-0.3, -0.25) is 4.98 Å². The van der Waals surface area contributed by atoms with Gasteiger partial charge in [-0.1, -0.05) is 45.0 Å². The van der Waals surface area contributed by atoms with Gasteiger partial charge in [-0.25, -0.2) is 4.39 Å². The molecule has 102 valence electrons. The average Bonchev–Trinajstić information content (AvgIpc) is 2.46. The number of rotatable bonds is 2. The molecule has 0 aliphatic carbocycles. The Morgan fingerprint density at radius 1 is 1.00 bits per heavy atom. The lowest BCUT2D eigenvalue weighted by molar-refractivity contribution is 0.497. The Morgan fingerprint density at radius 3 is 2.50 bits per heavy atom. The van der Waals surface area contributed by atoms with Crippen molar-refractivity contribution in [3.63, 3.8) is 0 Å². The van der Waals surface area contributed by atoms with Crippen molar-refractivity contribution in [3.05, 3.63) is 54.0 Å². The van der Waals surface area contributed by atoms with Gasteiger partial charge in [0.15, 0.2) is 0 Å². The summed E-state index contributed by atoms with van der Waals surface area (Å²) in [4.78, 5) is 4.82. The predicted molar refractivity (Wildman–Crippen MR) is 82.5 cm³/mol. The zero-order valence-electron chi connectivity index (χ0n) is 12.1. The van der Waals surface area contributed by atoms with Crippen LogP contribution in [-0.4, -0.2) is 4.98 Å². The molecular weight excluding hydrogens is 249 g/mol. The third-order valence-corrected chi connectivity index (χ3v) is 4.19. The number of hydrogen-bond acceptors (Lipinski definition) is 1. The third kappa shape index (κ3) is 1.96. The molecule has 0 saturated carbocycles. The van der Waals surface area contributed by atoms with E-state index in [2.05, 4.69) is 20.8 Å². The molecule has 0 unspecified atom stereocenters. The molecule has 0 fully saturated rings. The molecule has 0 aliphatic heterocycles. The second kappa shape index (κ2) is 4.55. The van der Waals surface area contributed by atoms with Crippen LogP contribution in [0.2, 0.25) is 0 Å². The summed E-state index contributed by atoms with van der Waals surface area (Å²) < 4.78 is 13.7. The number of fused-ring (bicyclic) bond motifs is 3. The Kier molecular flexibility index (Phi) is 2.97. The van der Waals surface area contributed by atoms with Crippen LogP contribution in [0.5, 0.6) is 0 Å². The lowest BCUT2D eigenvalue weighted by atomic mass is 9.83. The largest absolute Gasteiger partial charge is 0.252 e. The van der Waals surface area contributed by atoms with Gasteiger partial charge >= 0.3 is 0 Å². The first-order valence-corrected chi connectivity index (χ1v) is 7.01.